The van der Waals surface area contributed by atoms with E-state index in [0.29, 0.717) is 11.5 Å². The zero-order valence-corrected chi connectivity index (χ0v) is 13.9. The molecule has 0 aromatic heterocycles. The first-order valence-electron chi connectivity index (χ1n) is 8.37. The van der Waals surface area contributed by atoms with Crippen LogP contribution in [0.1, 0.15) is 79.6 Å². The molecule has 0 radical (unpaired) electrons. The van der Waals surface area contributed by atoms with E-state index in [1.165, 1.54) is 44.9 Å². The first-order valence-corrected chi connectivity index (χ1v) is 8.37. The van der Waals surface area contributed by atoms with Crippen molar-refractivity contribution in [3.63, 3.8) is 0 Å². The predicted octanol–water partition coefficient (Wildman–Crippen LogP) is 5.32. The molecule has 0 bridgehead atoms. The third kappa shape index (κ3) is 6.12. The molecule has 1 aliphatic carbocycles. The van der Waals surface area contributed by atoms with Crippen molar-refractivity contribution in [2.75, 3.05) is 6.54 Å². The van der Waals surface area contributed by atoms with Crippen LogP contribution in [-0.4, -0.2) is 12.6 Å². The van der Waals surface area contributed by atoms with Gasteiger partial charge in [-0.15, -0.1) is 0 Å². The van der Waals surface area contributed by atoms with E-state index in [-0.39, 0.29) is 0 Å². The monoisotopic (exact) mass is 265 g/mol. The van der Waals surface area contributed by atoms with E-state index in [1.807, 2.05) is 0 Å². The van der Waals surface area contributed by atoms with Crippen LogP contribution in [0.5, 0.6) is 0 Å². The molecule has 1 nitrogen and oxygen atoms in total. The Morgan fingerprint density at radius 3 is 2.47 bits per heavy atom. The number of nitrogens with one attached hydrogen (secondary N) is 1. The Balaban J connectivity index is 2.69. The third-order valence-corrected chi connectivity index (χ3v) is 4.79. The predicted molar refractivity (Wildman–Crippen MR) is 86.5 cm³/mol. The molecule has 2 atom stereocenters. The van der Waals surface area contributed by atoms with Crippen LogP contribution in [0.25, 0.3) is 0 Å². The van der Waals surface area contributed by atoms with Crippen molar-refractivity contribution in [3.8, 4) is 0 Å². The van der Waals surface area contributed by atoms with Gasteiger partial charge in [0.2, 0.25) is 0 Å². The molecular formula is C18H35N. The SMILES string of the molecule is CCNC(CC(C)C(C)(C)C)C1=CCCCCCC1. The maximum atomic E-state index is 3.74. The average molecular weight is 265 g/mol. The van der Waals surface area contributed by atoms with Crippen molar-refractivity contribution in [2.24, 2.45) is 11.3 Å². The van der Waals surface area contributed by atoms with E-state index in [1.54, 1.807) is 5.57 Å². The summed E-state index contributed by atoms with van der Waals surface area (Å²) in [6.07, 6.45) is 12.1. The van der Waals surface area contributed by atoms with E-state index >= 15 is 0 Å². The zero-order valence-electron chi connectivity index (χ0n) is 13.9. The van der Waals surface area contributed by atoms with Gasteiger partial charge in [0.05, 0.1) is 0 Å². The summed E-state index contributed by atoms with van der Waals surface area (Å²) in [5.41, 5.74) is 2.10. The molecule has 0 amide bonds. The molecule has 1 aliphatic rings. The first-order chi connectivity index (χ1) is 8.95. The van der Waals surface area contributed by atoms with Gasteiger partial charge in [0.15, 0.2) is 0 Å². The van der Waals surface area contributed by atoms with Gasteiger partial charge in [-0.1, -0.05) is 59.1 Å². The summed E-state index contributed by atoms with van der Waals surface area (Å²) in [5.74, 6) is 0.753. The fourth-order valence-corrected chi connectivity index (χ4v) is 2.85. The van der Waals surface area contributed by atoms with Gasteiger partial charge in [-0.3, -0.25) is 0 Å². The summed E-state index contributed by atoms with van der Waals surface area (Å²) < 4.78 is 0. The molecule has 0 aliphatic heterocycles. The van der Waals surface area contributed by atoms with E-state index in [2.05, 4.69) is 46.0 Å². The second kappa shape index (κ2) is 8.09. The van der Waals surface area contributed by atoms with Crippen LogP contribution in [0, 0.1) is 11.3 Å². The Morgan fingerprint density at radius 1 is 1.16 bits per heavy atom. The molecule has 0 aromatic carbocycles. The highest BCUT2D eigenvalue weighted by Crippen LogP contribution is 2.32. The molecule has 1 N–H and O–H groups in total. The van der Waals surface area contributed by atoms with Gasteiger partial charge in [-0.2, -0.15) is 0 Å². The standard InChI is InChI=1S/C18H35N/c1-6-19-17(14-15(2)18(3,4)5)16-12-10-8-7-9-11-13-16/h12,15,17,19H,6-11,13-14H2,1-5H3. The highest BCUT2D eigenvalue weighted by atomic mass is 14.9. The molecular weight excluding hydrogens is 230 g/mol. The molecule has 0 saturated heterocycles. The van der Waals surface area contributed by atoms with Crippen molar-refractivity contribution in [2.45, 2.75) is 85.6 Å². The first kappa shape index (κ1) is 16.8. The van der Waals surface area contributed by atoms with E-state index < -0.39 is 0 Å². The Morgan fingerprint density at radius 2 is 1.84 bits per heavy atom. The molecule has 0 fully saturated rings. The molecule has 1 heteroatoms. The molecule has 0 saturated carbocycles. The molecule has 2 unspecified atom stereocenters. The van der Waals surface area contributed by atoms with Crippen LogP contribution in [0.2, 0.25) is 0 Å². The van der Waals surface area contributed by atoms with Crippen LogP contribution >= 0.6 is 0 Å². The van der Waals surface area contributed by atoms with Crippen molar-refractivity contribution in [1.29, 1.82) is 0 Å². The molecule has 19 heavy (non-hydrogen) atoms. The quantitative estimate of drug-likeness (QED) is 0.664. The average Bonchev–Trinajstić information content (AvgIpc) is 2.26. The van der Waals surface area contributed by atoms with Gasteiger partial charge in [-0.25, -0.2) is 0 Å². The normalized spacial score (nSPS) is 21.2. The second-order valence-electron chi connectivity index (χ2n) is 7.34. The molecule has 1 rings (SSSR count). The summed E-state index contributed by atoms with van der Waals surface area (Å²) in [6.45, 7) is 12.8. The van der Waals surface area contributed by atoms with Crippen LogP contribution in [0.3, 0.4) is 0 Å². The smallest absolute Gasteiger partial charge is 0.0282 e. The fraction of sp³-hybridized carbons (Fsp3) is 0.889. The Kier molecular flexibility index (Phi) is 7.13. The minimum Gasteiger partial charge on any atom is -0.311 e. The zero-order chi connectivity index (χ0) is 14.3. The van der Waals surface area contributed by atoms with Gasteiger partial charge in [0.1, 0.15) is 0 Å². The number of rotatable bonds is 5. The summed E-state index contributed by atoms with van der Waals surface area (Å²) >= 11 is 0. The molecule has 0 aromatic rings. The summed E-state index contributed by atoms with van der Waals surface area (Å²) in [7, 11) is 0. The van der Waals surface area contributed by atoms with Crippen molar-refractivity contribution in [3.05, 3.63) is 11.6 Å². The molecule has 0 spiro atoms. The molecule has 112 valence electrons. The number of hydrogen-bond acceptors (Lipinski definition) is 1. The van der Waals surface area contributed by atoms with Crippen LogP contribution in [-0.2, 0) is 0 Å². The largest absolute Gasteiger partial charge is 0.311 e. The topological polar surface area (TPSA) is 12.0 Å². The molecule has 0 heterocycles. The van der Waals surface area contributed by atoms with Crippen LogP contribution in [0.15, 0.2) is 11.6 Å². The lowest BCUT2D eigenvalue weighted by Gasteiger charge is -2.32. The fourth-order valence-electron chi connectivity index (χ4n) is 2.85. The summed E-state index contributed by atoms with van der Waals surface area (Å²) in [4.78, 5) is 0. The Labute approximate surface area is 121 Å². The number of allylic oxidation sites excluding steroid dienone is 1. The minimum absolute atomic E-state index is 0.413. The van der Waals surface area contributed by atoms with Crippen molar-refractivity contribution < 1.29 is 0 Å². The maximum absolute atomic E-state index is 3.74. The van der Waals surface area contributed by atoms with Crippen molar-refractivity contribution >= 4 is 0 Å². The van der Waals surface area contributed by atoms with Crippen molar-refractivity contribution in [1.82, 2.24) is 5.32 Å². The van der Waals surface area contributed by atoms with E-state index in [0.717, 1.165) is 12.5 Å². The highest BCUT2D eigenvalue weighted by molar-refractivity contribution is 5.12. The van der Waals surface area contributed by atoms with Gasteiger partial charge in [0.25, 0.3) is 0 Å². The maximum Gasteiger partial charge on any atom is 0.0282 e. The number of likely N-dealkylation sites (N-methyl/N-ethyl adjacent to an activating group) is 1. The van der Waals surface area contributed by atoms with Gasteiger partial charge >= 0.3 is 0 Å². The lowest BCUT2D eigenvalue weighted by Crippen LogP contribution is -2.35. The lowest BCUT2D eigenvalue weighted by molar-refractivity contribution is 0.229. The van der Waals surface area contributed by atoms with Crippen LogP contribution < -0.4 is 5.32 Å². The highest BCUT2D eigenvalue weighted by Gasteiger charge is 2.25. The van der Waals surface area contributed by atoms with Gasteiger partial charge < -0.3 is 5.32 Å². The van der Waals surface area contributed by atoms with Gasteiger partial charge in [0, 0.05) is 6.04 Å². The second-order valence-corrected chi connectivity index (χ2v) is 7.34. The lowest BCUT2D eigenvalue weighted by atomic mass is 9.77. The minimum atomic E-state index is 0.413. The van der Waals surface area contributed by atoms with E-state index in [9.17, 15) is 0 Å². The summed E-state index contributed by atoms with van der Waals surface area (Å²) in [6, 6.07) is 0.609. The van der Waals surface area contributed by atoms with Crippen LogP contribution in [0.4, 0.5) is 0 Å². The Hall–Kier alpha value is -0.300. The van der Waals surface area contributed by atoms with Gasteiger partial charge in [-0.05, 0) is 50.0 Å². The third-order valence-electron chi connectivity index (χ3n) is 4.79. The van der Waals surface area contributed by atoms with E-state index in [4.69, 9.17) is 0 Å². The number of hydrogen-bond donors (Lipinski definition) is 1. The Bertz CT molecular complexity index is 272. The summed E-state index contributed by atoms with van der Waals surface area (Å²) in [5, 5.41) is 3.74.